The van der Waals surface area contributed by atoms with Gasteiger partial charge in [0, 0.05) is 5.88 Å². The van der Waals surface area contributed by atoms with E-state index in [1.807, 2.05) is 24.3 Å². The fraction of sp³-hybridized carbons (Fsp3) is 0.250. The second-order valence-corrected chi connectivity index (χ2v) is 5.46. The number of alkyl halides is 3. The molecular weight excluding hydrogens is 291 g/mol. The zero-order valence-corrected chi connectivity index (χ0v) is 9.66. The molecular formula is C8H7Br2Cl. The van der Waals surface area contributed by atoms with Gasteiger partial charge in [-0.25, -0.2) is 0 Å². The standard InChI is InChI=1S/C8H7Br2Cl/c9-8(10)7-4-2-1-3-6(7)5-11/h1-4,8H,5H2. The van der Waals surface area contributed by atoms with Crippen LogP contribution in [0.1, 0.15) is 14.9 Å². The van der Waals surface area contributed by atoms with Gasteiger partial charge in [0.05, 0.1) is 3.74 Å². The van der Waals surface area contributed by atoms with Crippen LogP contribution in [-0.2, 0) is 5.88 Å². The summed E-state index contributed by atoms with van der Waals surface area (Å²) in [5, 5.41) is 0. The summed E-state index contributed by atoms with van der Waals surface area (Å²) in [5.41, 5.74) is 2.36. The molecule has 1 rings (SSSR count). The highest BCUT2D eigenvalue weighted by Crippen LogP contribution is 2.31. The summed E-state index contributed by atoms with van der Waals surface area (Å²) in [7, 11) is 0. The Balaban J connectivity index is 3.02. The summed E-state index contributed by atoms with van der Waals surface area (Å²) in [6.07, 6.45) is 0. The van der Waals surface area contributed by atoms with Crippen LogP contribution in [0.5, 0.6) is 0 Å². The van der Waals surface area contributed by atoms with E-state index in [1.54, 1.807) is 0 Å². The fourth-order valence-electron chi connectivity index (χ4n) is 0.869. The fourth-order valence-corrected chi connectivity index (χ4v) is 2.01. The minimum atomic E-state index is 0.199. The van der Waals surface area contributed by atoms with Crippen LogP contribution in [0.25, 0.3) is 0 Å². The van der Waals surface area contributed by atoms with Gasteiger partial charge in [-0.1, -0.05) is 56.1 Å². The molecule has 0 heterocycles. The van der Waals surface area contributed by atoms with Crippen LogP contribution in [0.3, 0.4) is 0 Å². The van der Waals surface area contributed by atoms with Crippen molar-refractivity contribution in [3.8, 4) is 0 Å². The molecule has 3 heteroatoms. The van der Waals surface area contributed by atoms with Crippen LogP contribution in [0.2, 0.25) is 0 Å². The zero-order chi connectivity index (χ0) is 8.27. The van der Waals surface area contributed by atoms with Crippen LogP contribution in [0.15, 0.2) is 24.3 Å². The van der Waals surface area contributed by atoms with Crippen LogP contribution >= 0.6 is 43.5 Å². The molecule has 0 aliphatic heterocycles. The first-order valence-corrected chi connectivity index (χ1v) is 5.54. The van der Waals surface area contributed by atoms with E-state index in [0.29, 0.717) is 5.88 Å². The Morgan fingerprint density at radius 1 is 1.27 bits per heavy atom. The lowest BCUT2D eigenvalue weighted by Crippen LogP contribution is -1.87. The second-order valence-electron chi connectivity index (χ2n) is 2.13. The Hall–Kier alpha value is 0.470. The molecule has 0 saturated heterocycles. The quantitative estimate of drug-likeness (QED) is 0.717. The summed E-state index contributed by atoms with van der Waals surface area (Å²) < 4.78 is 0.199. The van der Waals surface area contributed by atoms with E-state index >= 15 is 0 Å². The molecule has 0 aliphatic rings. The lowest BCUT2D eigenvalue weighted by Gasteiger charge is -2.06. The molecule has 0 radical (unpaired) electrons. The zero-order valence-electron chi connectivity index (χ0n) is 5.73. The van der Waals surface area contributed by atoms with E-state index in [2.05, 4.69) is 31.9 Å². The van der Waals surface area contributed by atoms with Gasteiger partial charge in [-0.3, -0.25) is 0 Å². The van der Waals surface area contributed by atoms with Gasteiger partial charge < -0.3 is 0 Å². The molecule has 0 spiro atoms. The van der Waals surface area contributed by atoms with Crippen molar-refractivity contribution < 1.29 is 0 Å². The van der Waals surface area contributed by atoms with Gasteiger partial charge in [0.15, 0.2) is 0 Å². The maximum absolute atomic E-state index is 5.73. The molecule has 0 atom stereocenters. The molecule has 0 aromatic heterocycles. The van der Waals surface area contributed by atoms with Gasteiger partial charge in [0.1, 0.15) is 0 Å². The Morgan fingerprint density at radius 2 is 1.91 bits per heavy atom. The van der Waals surface area contributed by atoms with Crippen LogP contribution in [0, 0.1) is 0 Å². The van der Waals surface area contributed by atoms with Crippen molar-refractivity contribution in [3.05, 3.63) is 35.4 Å². The van der Waals surface area contributed by atoms with Crippen molar-refractivity contribution in [1.82, 2.24) is 0 Å². The van der Waals surface area contributed by atoms with Gasteiger partial charge in [-0.2, -0.15) is 0 Å². The van der Waals surface area contributed by atoms with Gasteiger partial charge in [-0.15, -0.1) is 11.6 Å². The Labute approximate surface area is 88.2 Å². The smallest absolute Gasteiger partial charge is 0.0949 e. The molecule has 0 nitrogen and oxygen atoms in total. The van der Waals surface area contributed by atoms with Crippen molar-refractivity contribution in [2.24, 2.45) is 0 Å². The summed E-state index contributed by atoms with van der Waals surface area (Å²) in [4.78, 5) is 0. The highest BCUT2D eigenvalue weighted by atomic mass is 79.9. The SMILES string of the molecule is ClCc1ccccc1C(Br)Br. The Kier molecular flexibility index (Phi) is 3.90. The molecule has 0 saturated carbocycles. The lowest BCUT2D eigenvalue weighted by molar-refractivity contribution is 1.28. The molecule has 0 amide bonds. The molecule has 0 bridgehead atoms. The number of benzene rings is 1. The molecule has 0 unspecified atom stereocenters. The number of hydrogen-bond acceptors (Lipinski definition) is 0. The van der Waals surface area contributed by atoms with Gasteiger partial charge in [-0.05, 0) is 11.1 Å². The predicted molar refractivity (Wildman–Crippen MR) is 56.6 cm³/mol. The third-order valence-corrected chi connectivity index (χ3v) is 2.71. The summed E-state index contributed by atoms with van der Waals surface area (Å²) in [6, 6.07) is 8.06. The van der Waals surface area contributed by atoms with Crippen molar-refractivity contribution in [2.45, 2.75) is 9.62 Å². The number of halogens is 3. The molecule has 11 heavy (non-hydrogen) atoms. The largest absolute Gasteiger partial charge is 0.122 e. The minimum Gasteiger partial charge on any atom is -0.122 e. The predicted octanol–water partition coefficient (Wildman–Crippen LogP) is 4.21. The Morgan fingerprint density at radius 3 is 2.36 bits per heavy atom. The first kappa shape index (κ1) is 9.56. The topological polar surface area (TPSA) is 0 Å². The first-order chi connectivity index (χ1) is 5.25. The summed E-state index contributed by atoms with van der Waals surface area (Å²) in [5.74, 6) is 0.559. The van der Waals surface area contributed by atoms with E-state index < -0.39 is 0 Å². The van der Waals surface area contributed by atoms with E-state index in [4.69, 9.17) is 11.6 Å². The monoisotopic (exact) mass is 296 g/mol. The van der Waals surface area contributed by atoms with E-state index in [0.717, 1.165) is 5.56 Å². The van der Waals surface area contributed by atoms with E-state index in [1.165, 1.54) is 5.56 Å². The van der Waals surface area contributed by atoms with Crippen molar-refractivity contribution in [2.75, 3.05) is 0 Å². The second kappa shape index (κ2) is 4.48. The molecule has 60 valence electrons. The van der Waals surface area contributed by atoms with Gasteiger partial charge >= 0.3 is 0 Å². The summed E-state index contributed by atoms with van der Waals surface area (Å²) >= 11 is 12.6. The Bertz CT molecular complexity index is 235. The average molecular weight is 298 g/mol. The summed E-state index contributed by atoms with van der Waals surface area (Å²) in [6.45, 7) is 0. The average Bonchev–Trinajstić information content (AvgIpc) is 2.04. The van der Waals surface area contributed by atoms with Crippen LogP contribution in [0.4, 0.5) is 0 Å². The molecule has 1 aromatic rings. The minimum absolute atomic E-state index is 0.199. The van der Waals surface area contributed by atoms with Crippen LogP contribution in [-0.4, -0.2) is 0 Å². The van der Waals surface area contributed by atoms with Gasteiger partial charge in [0.2, 0.25) is 0 Å². The van der Waals surface area contributed by atoms with Crippen molar-refractivity contribution in [3.63, 3.8) is 0 Å². The van der Waals surface area contributed by atoms with E-state index in [9.17, 15) is 0 Å². The molecule has 0 N–H and O–H groups in total. The third kappa shape index (κ3) is 2.46. The number of hydrogen-bond donors (Lipinski definition) is 0. The third-order valence-electron chi connectivity index (χ3n) is 1.43. The maximum atomic E-state index is 5.73. The molecule has 1 aromatic carbocycles. The maximum Gasteiger partial charge on any atom is 0.0949 e. The number of rotatable bonds is 2. The van der Waals surface area contributed by atoms with Crippen molar-refractivity contribution >= 4 is 43.5 Å². The van der Waals surface area contributed by atoms with Gasteiger partial charge in [0.25, 0.3) is 0 Å². The molecule has 0 aliphatic carbocycles. The lowest BCUT2D eigenvalue weighted by atomic mass is 10.1. The molecule has 0 fully saturated rings. The normalized spacial score (nSPS) is 10.5. The highest BCUT2D eigenvalue weighted by molar-refractivity contribution is 9.24. The highest BCUT2D eigenvalue weighted by Gasteiger charge is 2.05. The van der Waals surface area contributed by atoms with E-state index in [-0.39, 0.29) is 3.74 Å². The van der Waals surface area contributed by atoms with Crippen molar-refractivity contribution in [1.29, 1.82) is 0 Å². The van der Waals surface area contributed by atoms with Crippen LogP contribution < -0.4 is 0 Å². The first-order valence-electron chi connectivity index (χ1n) is 3.17.